The van der Waals surface area contributed by atoms with E-state index in [0.29, 0.717) is 12.0 Å². The summed E-state index contributed by atoms with van der Waals surface area (Å²) in [6, 6.07) is 0. The highest BCUT2D eigenvalue weighted by molar-refractivity contribution is 5.85. The molecule has 0 saturated carbocycles. The topological polar surface area (TPSA) is 77.8 Å². The summed E-state index contributed by atoms with van der Waals surface area (Å²) in [6.07, 6.45) is 3.80. The first kappa shape index (κ1) is 20.0. The summed E-state index contributed by atoms with van der Waals surface area (Å²) < 4.78 is 0. The molecule has 0 atom stereocenters. The lowest BCUT2D eigenvalue weighted by Gasteiger charge is -2.20. The monoisotopic (exact) mass is 273 g/mol. The highest BCUT2D eigenvalue weighted by Crippen LogP contribution is 2.05. The van der Waals surface area contributed by atoms with Gasteiger partial charge in [-0.2, -0.15) is 0 Å². The van der Waals surface area contributed by atoms with Gasteiger partial charge in [-0.15, -0.1) is 0 Å². The standard InChI is InChI=1S/C12H23NO2.C2H4O2/c1-4-8-13(9-5-2)10-6-7-11(3)12(14)15;1-2(3)4/h3-10H2,1-2H3,(H,14,15);1H3,(H,3,4). The van der Waals surface area contributed by atoms with Crippen molar-refractivity contribution in [1.82, 2.24) is 4.90 Å². The van der Waals surface area contributed by atoms with Gasteiger partial charge >= 0.3 is 5.97 Å². The molecule has 0 radical (unpaired) electrons. The van der Waals surface area contributed by atoms with Crippen molar-refractivity contribution in [2.24, 2.45) is 0 Å². The van der Waals surface area contributed by atoms with Crippen LogP contribution in [0.3, 0.4) is 0 Å². The van der Waals surface area contributed by atoms with Gasteiger partial charge in [0.05, 0.1) is 0 Å². The van der Waals surface area contributed by atoms with Crippen LogP contribution in [0.15, 0.2) is 12.2 Å². The van der Waals surface area contributed by atoms with Crippen molar-refractivity contribution in [2.75, 3.05) is 19.6 Å². The van der Waals surface area contributed by atoms with Crippen LogP contribution < -0.4 is 0 Å². The largest absolute Gasteiger partial charge is 0.481 e. The van der Waals surface area contributed by atoms with Gasteiger partial charge in [0, 0.05) is 12.5 Å². The van der Waals surface area contributed by atoms with E-state index in [-0.39, 0.29) is 0 Å². The number of carboxylic acid groups (broad SMARTS) is 2. The number of aliphatic carboxylic acids is 2. The quantitative estimate of drug-likeness (QED) is 0.631. The number of hydrogen-bond donors (Lipinski definition) is 2. The molecular weight excluding hydrogens is 246 g/mol. The van der Waals surface area contributed by atoms with Crippen molar-refractivity contribution in [2.45, 2.75) is 46.5 Å². The Morgan fingerprint density at radius 2 is 1.47 bits per heavy atom. The van der Waals surface area contributed by atoms with Crippen LogP contribution in [-0.4, -0.2) is 46.7 Å². The van der Waals surface area contributed by atoms with Gasteiger partial charge in [0.2, 0.25) is 0 Å². The lowest BCUT2D eigenvalue weighted by Crippen LogP contribution is -2.26. The Balaban J connectivity index is 0. The van der Waals surface area contributed by atoms with Crippen molar-refractivity contribution >= 4 is 11.9 Å². The Kier molecular flexibility index (Phi) is 13.7. The molecule has 0 aliphatic carbocycles. The zero-order chi connectivity index (χ0) is 15.3. The number of hydrogen-bond acceptors (Lipinski definition) is 3. The average Bonchev–Trinajstić information content (AvgIpc) is 2.28. The third-order valence-corrected chi connectivity index (χ3v) is 2.34. The Hall–Kier alpha value is -1.36. The maximum absolute atomic E-state index is 10.5. The van der Waals surface area contributed by atoms with Crippen LogP contribution >= 0.6 is 0 Å². The normalized spacial score (nSPS) is 9.68. The zero-order valence-electron chi connectivity index (χ0n) is 12.3. The first-order valence-electron chi connectivity index (χ1n) is 6.68. The molecule has 0 spiro atoms. The van der Waals surface area contributed by atoms with E-state index in [9.17, 15) is 4.79 Å². The molecule has 19 heavy (non-hydrogen) atoms. The minimum Gasteiger partial charge on any atom is -0.481 e. The summed E-state index contributed by atoms with van der Waals surface area (Å²) in [6.45, 7) is 12.1. The molecule has 0 aromatic carbocycles. The van der Waals surface area contributed by atoms with E-state index >= 15 is 0 Å². The van der Waals surface area contributed by atoms with Crippen LogP contribution in [0.5, 0.6) is 0 Å². The van der Waals surface area contributed by atoms with E-state index in [0.717, 1.165) is 45.8 Å². The predicted octanol–water partition coefficient (Wildman–Crippen LogP) is 2.62. The molecule has 0 unspecified atom stereocenters. The van der Waals surface area contributed by atoms with Crippen LogP contribution in [-0.2, 0) is 9.59 Å². The van der Waals surface area contributed by atoms with Gasteiger partial charge in [-0.25, -0.2) is 4.79 Å². The number of carboxylic acids is 2. The Bertz CT molecular complexity index is 267. The van der Waals surface area contributed by atoms with Crippen molar-refractivity contribution in [3.8, 4) is 0 Å². The van der Waals surface area contributed by atoms with Crippen molar-refractivity contribution in [3.05, 3.63) is 12.2 Å². The first-order valence-corrected chi connectivity index (χ1v) is 6.68. The maximum Gasteiger partial charge on any atom is 0.330 e. The molecule has 0 aliphatic rings. The highest BCUT2D eigenvalue weighted by Gasteiger charge is 2.06. The Morgan fingerprint density at radius 1 is 1.05 bits per heavy atom. The first-order chi connectivity index (χ1) is 8.84. The van der Waals surface area contributed by atoms with E-state index < -0.39 is 11.9 Å². The molecule has 2 N–H and O–H groups in total. The number of carbonyl (C=O) groups is 2. The van der Waals surface area contributed by atoms with Gasteiger partial charge in [-0.1, -0.05) is 20.4 Å². The smallest absolute Gasteiger partial charge is 0.330 e. The summed E-state index contributed by atoms with van der Waals surface area (Å²) in [5.41, 5.74) is 0.322. The van der Waals surface area contributed by atoms with Crippen molar-refractivity contribution in [3.63, 3.8) is 0 Å². The van der Waals surface area contributed by atoms with Gasteiger partial charge < -0.3 is 15.1 Å². The van der Waals surface area contributed by atoms with E-state index in [1.807, 2.05) is 0 Å². The molecule has 0 rings (SSSR count). The summed E-state index contributed by atoms with van der Waals surface area (Å²) in [7, 11) is 0. The number of nitrogens with zero attached hydrogens (tertiary/aromatic N) is 1. The lowest BCUT2D eigenvalue weighted by atomic mass is 10.1. The van der Waals surface area contributed by atoms with Gasteiger partial charge in [0.1, 0.15) is 0 Å². The summed E-state index contributed by atoms with van der Waals surface area (Å²) in [4.78, 5) is 21.9. The molecule has 0 amide bonds. The summed E-state index contributed by atoms with van der Waals surface area (Å²) in [5.74, 6) is -1.70. The fourth-order valence-electron chi connectivity index (χ4n) is 1.59. The average molecular weight is 273 g/mol. The van der Waals surface area contributed by atoms with Gasteiger partial charge in [0.15, 0.2) is 0 Å². The van der Waals surface area contributed by atoms with Crippen LogP contribution in [0.25, 0.3) is 0 Å². The third-order valence-electron chi connectivity index (χ3n) is 2.34. The third kappa shape index (κ3) is 16.6. The lowest BCUT2D eigenvalue weighted by molar-refractivity contribution is -0.134. The minimum absolute atomic E-state index is 0.322. The van der Waals surface area contributed by atoms with Crippen LogP contribution in [0, 0.1) is 0 Å². The number of rotatable bonds is 9. The van der Waals surface area contributed by atoms with Crippen molar-refractivity contribution in [1.29, 1.82) is 0 Å². The second kappa shape index (κ2) is 13.1. The Labute approximate surface area is 115 Å². The van der Waals surface area contributed by atoms with Crippen LogP contribution in [0.2, 0.25) is 0 Å². The molecule has 5 heteroatoms. The highest BCUT2D eigenvalue weighted by atomic mass is 16.4. The van der Waals surface area contributed by atoms with Gasteiger partial charge in [-0.3, -0.25) is 4.79 Å². The Morgan fingerprint density at radius 3 is 1.79 bits per heavy atom. The van der Waals surface area contributed by atoms with Crippen molar-refractivity contribution < 1.29 is 19.8 Å². The summed E-state index contributed by atoms with van der Waals surface area (Å²) in [5, 5.41) is 16.1. The molecule has 5 nitrogen and oxygen atoms in total. The molecule has 0 bridgehead atoms. The zero-order valence-corrected chi connectivity index (χ0v) is 12.3. The second-order valence-corrected chi connectivity index (χ2v) is 4.37. The molecule has 0 fully saturated rings. The van der Waals surface area contributed by atoms with E-state index in [1.54, 1.807) is 0 Å². The molecule has 0 heterocycles. The van der Waals surface area contributed by atoms with E-state index in [2.05, 4.69) is 25.3 Å². The van der Waals surface area contributed by atoms with Gasteiger partial charge in [0.25, 0.3) is 5.97 Å². The van der Waals surface area contributed by atoms with E-state index in [4.69, 9.17) is 15.0 Å². The predicted molar refractivity (Wildman–Crippen MR) is 76.3 cm³/mol. The molecule has 0 aromatic heterocycles. The van der Waals surface area contributed by atoms with E-state index in [1.165, 1.54) is 0 Å². The van der Waals surface area contributed by atoms with Crippen LogP contribution in [0.1, 0.15) is 46.5 Å². The second-order valence-electron chi connectivity index (χ2n) is 4.37. The molecule has 0 aliphatic heterocycles. The fraction of sp³-hybridized carbons (Fsp3) is 0.714. The van der Waals surface area contributed by atoms with Gasteiger partial charge in [-0.05, 0) is 45.3 Å². The SMILES string of the molecule is C=C(CCCN(CCC)CCC)C(=O)O.CC(=O)O. The molecule has 0 aromatic rings. The molecule has 112 valence electrons. The molecular formula is C14H27NO4. The molecule has 0 saturated heterocycles. The fourth-order valence-corrected chi connectivity index (χ4v) is 1.59. The minimum atomic E-state index is -0.868. The summed E-state index contributed by atoms with van der Waals surface area (Å²) >= 11 is 0. The maximum atomic E-state index is 10.5. The van der Waals surface area contributed by atoms with Crippen LogP contribution in [0.4, 0.5) is 0 Å².